The maximum Gasteiger partial charge on any atom is 0.310 e. The van der Waals surface area contributed by atoms with E-state index in [0.29, 0.717) is 0 Å². The number of esters is 1. The van der Waals surface area contributed by atoms with Crippen molar-refractivity contribution in [2.75, 3.05) is 6.61 Å². The van der Waals surface area contributed by atoms with Gasteiger partial charge in [-0.3, -0.25) is 9.59 Å². The van der Waals surface area contributed by atoms with Crippen LogP contribution < -0.4 is 5.32 Å². The van der Waals surface area contributed by atoms with E-state index in [0.717, 1.165) is 16.7 Å². The van der Waals surface area contributed by atoms with Gasteiger partial charge in [0.15, 0.2) is 6.61 Å². The van der Waals surface area contributed by atoms with Gasteiger partial charge in [-0.1, -0.05) is 68.4 Å². The number of nitrogens with zero attached hydrogens (tertiary/aromatic N) is 1. The summed E-state index contributed by atoms with van der Waals surface area (Å²) in [6.45, 7) is 4.93. The predicted octanol–water partition coefficient (Wildman–Crippen LogP) is 3.49. The molecule has 0 bridgehead atoms. The topological polar surface area (TPSA) is 79.2 Å². The Morgan fingerprint density at radius 2 is 1.67 bits per heavy atom. The molecule has 0 unspecified atom stereocenters. The molecule has 0 saturated carbocycles. The average Bonchev–Trinajstić information content (AvgIpc) is 2.67. The summed E-state index contributed by atoms with van der Waals surface area (Å²) in [7, 11) is 0. The lowest BCUT2D eigenvalue weighted by Gasteiger charge is -2.27. The Bertz CT molecular complexity index is 823. The van der Waals surface area contributed by atoms with Gasteiger partial charge in [-0.2, -0.15) is 5.26 Å². The maximum atomic E-state index is 12.0. The van der Waals surface area contributed by atoms with E-state index in [1.165, 1.54) is 0 Å². The van der Waals surface area contributed by atoms with Crippen molar-refractivity contribution in [3.8, 4) is 17.2 Å². The van der Waals surface area contributed by atoms with Gasteiger partial charge in [0.2, 0.25) is 0 Å². The third-order valence-electron chi connectivity index (χ3n) is 4.56. The molecule has 0 aliphatic heterocycles. The lowest BCUT2D eigenvalue weighted by Crippen LogP contribution is -2.50. The van der Waals surface area contributed by atoms with E-state index in [9.17, 15) is 14.9 Å². The van der Waals surface area contributed by atoms with Crippen molar-refractivity contribution >= 4 is 11.9 Å². The molecule has 5 nitrogen and oxygen atoms in total. The number of nitrogens with one attached hydrogen (secondary N) is 1. The molecule has 0 aliphatic carbocycles. The van der Waals surface area contributed by atoms with Crippen molar-refractivity contribution in [3.05, 3.63) is 60.2 Å². The highest BCUT2D eigenvalue weighted by Gasteiger charge is 2.30. The summed E-state index contributed by atoms with van der Waals surface area (Å²) in [5, 5.41) is 11.8. The van der Waals surface area contributed by atoms with E-state index in [4.69, 9.17) is 4.74 Å². The Morgan fingerprint density at radius 1 is 1.07 bits per heavy atom. The highest BCUT2D eigenvalue weighted by atomic mass is 16.5. The molecule has 0 spiro atoms. The van der Waals surface area contributed by atoms with Gasteiger partial charge in [0.25, 0.3) is 5.91 Å². The number of hydrogen-bond acceptors (Lipinski definition) is 4. The second kappa shape index (κ2) is 9.00. The van der Waals surface area contributed by atoms with Crippen LogP contribution in [0.15, 0.2) is 54.6 Å². The summed E-state index contributed by atoms with van der Waals surface area (Å²) in [6.07, 6.45) is 0.0854. The first-order valence-electron chi connectivity index (χ1n) is 8.86. The van der Waals surface area contributed by atoms with Crippen LogP contribution in [0.5, 0.6) is 0 Å². The standard InChI is InChI=1S/C22H24N2O3/c1-16(2)22(3,15-23)24-20(25)14-27-21(26)13-17-9-11-19(12-10-17)18-7-5-4-6-8-18/h4-12,16H,13-14H2,1-3H3,(H,24,25)/t22-/m0/s1. The van der Waals surface area contributed by atoms with Crippen LogP contribution in [-0.2, 0) is 20.7 Å². The molecule has 0 aliphatic rings. The number of benzene rings is 2. The fourth-order valence-corrected chi connectivity index (χ4v) is 2.44. The second-order valence-corrected chi connectivity index (χ2v) is 6.92. The van der Waals surface area contributed by atoms with Crippen LogP contribution >= 0.6 is 0 Å². The van der Waals surface area contributed by atoms with E-state index < -0.39 is 24.0 Å². The van der Waals surface area contributed by atoms with Gasteiger partial charge in [0.05, 0.1) is 12.5 Å². The summed E-state index contributed by atoms with van der Waals surface area (Å²) >= 11 is 0. The van der Waals surface area contributed by atoms with E-state index in [1.807, 2.05) is 68.4 Å². The monoisotopic (exact) mass is 364 g/mol. The Hall–Kier alpha value is -3.13. The van der Waals surface area contributed by atoms with Crippen molar-refractivity contribution in [1.29, 1.82) is 5.26 Å². The SMILES string of the molecule is CC(C)[C@](C)(C#N)NC(=O)COC(=O)Cc1ccc(-c2ccccc2)cc1. The molecule has 140 valence electrons. The van der Waals surface area contributed by atoms with Crippen LogP contribution in [0.1, 0.15) is 26.3 Å². The van der Waals surface area contributed by atoms with E-state index in [2.05, 4.69) is 11.4 Å². The molecule has 2 aromatic carbocycles. The number of hydrogen-bond donors (Lipinski definition) is 1. The molecule has 1 atom stereocenters. The van der Waals surface area contributed by atoms with Gasteiger partial charge in [0, 0.05) is 0 Å². The fourth-order valence-electron chi connectivity index (χ4n) is 2.44. The smallest absolute Gasteiger partial charge is 0.310 e. The second-order valence-electron chi connectivity index (χ2n) is 6.92. The predicted molar refractivity (Wildman–Crippen MR) is 104 cm³/mol. The molecule has 2 aromatic rings. The average molecular weight is 364 g/mol. The van der Waals surface area contributed by atoms with E-state index in [1.54, 1.807) is 6.92 Å². The summed E-state index contributed by atoms with van der Waals surface area (Å²) in [4.78, 5) is 23.9. The molecule has 1 amide bonds. The van der Waals surface area contributed by atoms with Gasteiger partial charge >= 0.3 is 5.97 Å². The van der Waals surface area contributed by atoms with E-state index in [-0.39, 0.29) is 12.3 Å². The van der Waals surface area contributed by atoms with Crippen LogP contribution in [-0.4, -0.2) is 24.0 Å². The molecule has 1 N–H and O–H groups in total. The van der Waals surface area contributed by atoms with Crippen molar-refractivity contribution in [1.82, 2.24) is 5.32 Å². The van der Waals surface area contributed by atoms with Crippen molar-refractivity contribution in [2.24, 2.45) is 5.92 Å². The Labute approximate surface area is 160 Å². The molecule has 5 heteroatoms. The summed E-state index contributed by atoms with van der Waals surface area (Å²) < 4.78 is 5.03. The van der Waals surface area contributed by atoms with Crippen molar-refractivity contribution in [2.45, 2.75) is 32.7 Å². The summed E-state index contributed by atoms with van der Waals surface area (Å²) in [5.41, 5.74) is 1.99. The third kappa shape index (κ3) is 5.68. The summed E-state index contributed by atoms with van der Waals surface area (Å²) in [6, 6.07) is 19.7. The summed E-state index contributed by atoms with van der Waals surface area (Å²) in [5.74, 6) is -1.04. The maximum absolute atomic E-state index is 12.0. The molecule has 0 heterocycles. The highest BCUT2D eigenvalue weighted by molar-refractivity contribution is 5.82. The number of amides is 1. The number of carbonyl (C=O) groups is 2. The van der Waals surface area contributed by atoms with Gasteiger partial charge < -0.3 is 10.1 Å². The van der Waals surface area contributed by atoms with Crippen LogP contribution in [0, 0.1) is 17.2 Å². The number of ether oxygens (including phenoxy) is 1. The normalized spacial score (nSPS) is 12.7. The molecular formula is C22H24N2O3. The van der Waals surface area contributed by atoms with Crippen molar-refractivity contribution in [3.63, 3.8) is 0 Å². The quantitative estimate of drug-likeness (QED) is 0.763. The third-order valence-corrected chi connectivity index (χ3v) is 4.56. The van der Waals surface area contributed by atoms with Crippen LogP contribution in [0.3, 0.4) is 0 Å². The molecule has 2 rings (SSSR count). The zero-order valence-electron chi connectivity index (χ0n) is 15.9. The zero-order valence-corrected chi connectivity index (χ0v) is 15.9. The molecular weight excluding hydrogens is 340 g/mol. The van der Waals surface area contributed by atoms with Crippen LogP contribution in [0.2, 0.25) is 0 Å². The van der Waals surface area contributed by atoms with Crippen LogP contribution in [0.25, 0.3) is 11.1 Å². The molecule has 0 fully saturated rings. The Balaban J connectivity index is 1.85. The van der Waals surface area contributed by atoms with Gasteiger partial charge in [-0.15, -0.1) is 0 Å². The highest BCUT2D eigenvalue weighted by Crippen LogP contribution is 2.19. The lowest BCUT2D eigenvalue weighted by atomic mass is 9.90. The van der Waals surface area contributed by atoms with E-state index >= 15 is 0 Å². The van der Waals surface area contributed by atoms with Gasteiger partial charge in [-0.05, 0) is 29.5 Å². The zero-order chi connectivity index (χ0) is 19.9. The minimum atomic E-state index is -0.989. The van der Waals surface area contributed by atoms with Crippen molar-refractivity contribution < 1.29 is 14.3 Å². The van der Waals surface area contributed by atoms with Gasteiger partial charge in [0.1, 0.15) is 5.54 Å². The number of carbonyl (C=O) groups excluding carboxylic acids is 2. The molecule has 0 saturated heterocycles. The number of nitriles is 1. The minimum Gasteiger partial charge on any atom is -0.455 e. The first-order valence-corrected chi connectivity index (χ1v) is 8.86. The molecule has 27 heavy (non-hydrogen) atoms. The molecule has 0 radical (unpaired) electrons. The first kappa shape index (κ1) is 20.2. The van der Waals surface area contributed by atoms with Crippen LogP contribution in [0.4, 0.5) is 0 Å². The lowest BCUT2D eigenvalue weighted by molar-refractivity contribution is -0.148. The molecule has 0 aromatic heterocycles. The Kier molecular flexibility index (Phi) is 6.73. The Morgan fingerprint density at radius 3 is 2.22 bits per heavy atom. The largest absolute Gasteiger partial charge is 0.455 e. The number of rotatable bonds is 7. The fraction of sp³-hybridized carbons (Fsp3) is 0.318. The minimum absolute atomic E-state index is 0.0646. The first-order chi connectivity index (χ1) is 12.8. The van der Waals surface area contributed by atoms with Gasteiger partial charge in [-0.25, -0.2) is 0 Å².